The zero-order valence-electron chi connectivity index (χ0n) is 15.6. The van der Waals surface area contributed by atoms with Gasteiger partial charge in [-0.1, -0.05) is 13.8 Å². The van der Waals surface area contributed by atoms with Crippen LogP contribution in [0, 0.1) is 5.92 Å². The highest BCUT2D eigenvalue weighted by Gasteiger charge is 2.23. The van der Waals surface area contributed by atoms with Crippen LogP contribution in [-0.2, 0) is 14.8 Å². The normalized spacial score (nSPS) is 15.4. The van der Waals surface area contributed by atoms with Crippen molar-refractivity contribution in [2.75, 3.05) is 32.7 Å². The van der Waals surface area contributed by atoms with Gasteiger partial charge in [0, 0.05) is 45.2 Å². The van der Waals surface area contributed by atoms with Crippen LogP contribution in [0.5, 0.6) is 0 Å². The van der Waals surface area contributed by atoms with Gasteiger partial charge < -0.3 is 9.80 Å². The third-order valence-corrected chi connectivity index (χ3v) is 5.91. The molecule has 0 radical (unpaired) electrons. The Labute approximate surface area is 155 Å². The Kier molecular flexibility index (Phi) is 6.77. The molecular formula is C18H27N3O4S. The fourth-order valence-electron chi connectivity index (χ4n) is 2.75. The topological polar surface area (TPSA) is 86.8 Å². The summed E-state index contributed by atoms with van der Waals surface area (Å²) in [6.45, 7) is 7.98. The molecule has 1 N–H and O–H groups in total. The quantitative estimate of drug-likeness (QED) is 0.805. The van der Waals surface area contributed by atoms with E-state index in [1.165, 1.54) is 31.2 Å². The molecule has 0 bridgehead atoms. The minimum absolute atomic E-state index is 0.0108. The Morgan fingerprint density at radius 1 is 1.04 bits per heavy atom. The van der Waals surface area contributed by atoms with Crippen LogP contribution in [0.3, 0.4) is 0 Å². The highest BCUT2D eigenvalue weighted by Crippen LogP contribution is 2.14. The number of carbonyl (C=O) groups excluding carboxylic acids is 2. The summed E-state index contributed by atoms with van der Waals surface area (Å²) in [7, 11) is -3.56. The van der Waals surface area contributed by atoms with Crippen molar-refractivity contribution in [3.8, 4) is 0 Å². The Balaban J connectivity index is 1.98. The fraction of sp³-hybridized carbons (Fsp3) is 0.556. The first-order valence-electron chi connectivity index (χ1n) is 8.85. The summed E-state index contributed by atoms with van der Waals surface area (Å²) in [5, 5.41) is 0. The molecule has 8 heteroatoms. The van der Waals surface area contributed by atoms with Crippen LogP contribution >= 0.6 is 0 Å². The van der Waals surface area contributed by atoms with E-state index in [-0.39, 0.29) is 16.7 Å². The predicted molar refractivity (Wildman–Crippen MR) is 99.2 cm³/mol. The summed E-state index contributed by atoms with van der Waals surface area (Å²) in [6.07, 6.45) is 0.766. The number of sulfonamides is 1. The zero-order chi connectivity index (χ0) is 19.3. The highest BCUT2D eigenvalue weighted by atomic mass is 32.2. The maximum atomic E-state index is 12.5. The average Bonchev–Trinajstić information content (AvgIpc) is 2.61. The van der Waals surface area contributed by atoms with E-state index in [1.807, 2.05) is 13.8 Å². The van der Waals surface area contributed by atoms with Crippen LogP contribution in [0.1, 0.15) is 37.6 Å². The summed E-state index contributed by atoms with van der Waals surface area (Å²) in [5.41, 5.74) is 0.447. The molecule has 1 aromatic carbocycles. The van der Waals surface area contributed by atoms with Gasteiger partial charge in [-0.2, -0.15) is 0 Å². The molecule has 1 aliphatic rings. The minimum Gasteiger partial charge on any atom is -0.339 e. The Bertz CT molecular complexity index is 736. The number of benzene rings is 1. The first kappa shape index (κ1) is 20.4. The van der Waals surface area contributed by atoms with Crippen molar-refractivity contribution in [2.24, 2.45) is 5.92 Å². The van der Waals surface area contributed by atoms with E-state index in [0.717, 1.165) is 6.42 Å². The molecule has 7 nitrogen and oxygen atoms in total. The van der Waals surface area contributed by atoms with E-state index < -0.39 is 10.0 Å². The molecule has 0 aromatic heterocycles. The first-order valence-corrected chi connectivity index (χ1v) is 10.3. The monoisotopic (exact) mass is 381 g/mol. The fourth-order valence-corrected chi connectivity index (χ4v) is 3.80. The van der Waals surface area contributed by atoms with Gasteiger partial charge in [-0.25, -0.2) is 13.1 Å². The lowest BCUT2D eigenvalue weighted by Crippen LogP contribution is -2.50. The number of hydrogen-bond donors (Lipinski definition) is 1. The van der Waals surface area contributed by atoms with Crippen LogP contribution in [-0.4, -0.2) is 62.8 Å². The second kappa shape index (κ2) is 8.64. The van der Waals surface area contributed by atoms with Gasteiger partial charge in [-0.15, -0.1) is 0 Å². The molecule has 0 spiro atoms. The van der Waals surface area contributed by atoms with E-state index in [9.17, 15) is 18.0 Å². The molecule has 1 saturated heterocycles. The summed E-state index contributed by atoms with van der Waals surface area (Å²) in [6, 6.07) is 5.99. The lowest BCUT2D eigenvalue weighted by Gasteiger charge is -2.34. The molecule has 1 heterocycles. The SMILES string of the molecule is CC(=O)N1CCN(C(=O)c2ccc(S(=O)(=O)NCCC(C)C)cc2)CC1. The maximum absolute atomic E-state index is 12.5. The van der Waals surface area contributed by atoms with Gasteiger partial charge in [0.2, 0.25) is 15.9 Å². The standard InChI is InChI=1S/C18H27N3O4S/c1-14(2)8-9-19-26(24,25)17-6-4-16(5-7-17)18(23)21-12-10-20(11-13-21)15(3)22/h4-7,14,19H,8-13H2,1-3H3. The lowest BCUT2D eigenvalue weighted by atomic mass is 10.1. The molecule has 0 atom stereocenters. The molecule has 0 unspecified atom stereocenters. The van der Waals surface area contributed by atoms with Gasteiger partial charge in [0.15, 0.2) is 0 Å². The summed E-state index contributed by atoms with van der Waals surface area (Å²) in [4.78, 5) is 27.4. The third kappa shape index (κ3) is 5.28. The predicted octanol–water partition coefficient (Wildman–Crippen LogP) is 1.32. The molecule has 1 aromatic rings. The molecule has 0 aliphatic carbocycles. The van der Waals surface area contributed by atoms with E-state index in [0.29, 0.717) is 44.2 Å². The molecule has 2 rings (SSSR count). The van der Waals surface area contributed by atoms with Crippen molar-refractivity contribution < 1.29 is 18.0 Å². The van der Waals surface area contributed by atoms with Crippen LogP contribution in [0.2, 0.25) is 0 Å². The first-order chi connectivity index (χ1) is 12.2. The van der Waals surface area contributed by atoms with Gasteiger partial charge in [0.05, 0.1) is 4.90 Å². The molecule has 26 heavy (non-hydrogen) atoms. The second-order valence-corrected chi connectivity index (χ2v) is 8.67. The smallest absolute Gasteiger partial charge is 0.253 e. The summed E-state index contributed by atoms with van der Waals surface area (Å²) >= 11 is 0. The number of piperazine rings is 1. The molecule has 144 valence electrons. The molecule has 1 fully saturated rings. The van der Waals surface area contributed by atoms with Crippen LogP contribution in [0.25, 0.3) is 0 Å². The number of hydrogen-bond acceptors (Lipinski definition) is 4. The molecular weight excluding hydrogens is 354 g/mol. The number of rotatable bonds is 6. The minimum atomic E-state index is -3.56. The highest BCUT2D eigenvalue weighted by molar-refractivity contribution is 7.89. The zero-order valence-corrected chi connectivity index (χ0v) is 16.4. The summed E-state index contributed by atoms with van der Waals surface area (Å²) in [5.74, 6) is 0.280. The van der Waals surface area contributed by atoms with E-state index >= 15 is 0 Å². The van der Waals surface area contributed by atoms with Crippen molar-refractivity contribution in [1.29, 1.82) is 0 Å². The van der Waals surface area contributed by atoms with Crippen LogP contribution < -0.4 is 4.72 Å². The van der Waals surface area contributed by atoms with Crippen molar-refractivity contribution in [3.63, 3.8) is 0 Å². The second-order valence-electron chi connectivity index (χ2n) is 6.90. The van der Waals surface area contributed by atoms with Gasteiger partial charge in [0.25, 0.3) is 5.91 Å². The molecule has 0 saturated carbocycles. The van der Waals surface area contributed by atoms with Crippen molar-refractivity contribution in [1.82, 2.24) is 14.5 Å². The average molecular weight is 381 g/mol. The van der Waals surface area contributed by atoms with E-state index in [1.54, 1.807) is 9.80 Å². The lowest BCUT2D eigenvalue weighted by molar-refractivity contribution is -0.130. The number of nitrogens with zero attached hydrogens (tertiary/aromatic N) is 2. The van der Waals surface area contributed by atoms with Crippen molar-refractivity contribution in [2.45, 2.75) is 32.1 Å². The largest absolute Gasteiger partial charge is 0.339 e. The Morgan fingerprint density at radius 2 is 1.58 bits per heavy atom. The number of amides is 2. The summed E-state index contributed by atoms with van der Waals surface area (Å²) < 4.78 is 27.1. The number of nitrogens with one attached hydrogen (secondary N) is 1. The van der Waals surface area contributed by atoms with Crippen molar-refractivity contribution >= 4 is 21.8 Å². The van der Waals surface area contributed by atoms with Crippen molar-refractivity contribution in [3.05, 3.63) is 29.8 Å². The molecule has 2 amide bonds. The van der Waals surface area contributed by atoms with Gasteiger partial charge in [-0.05, 0) is 36.6 Å². The van der Waals surface area contributed by atoms with Gasteiger partial charge in [0.1, 0.15) is 0 Å². The van der Waals surface area contributed by atoms with E-state index in [4.69, 9.17) is 0 Å². The van der Waals surface area contributed by atoms with Crippen LogP contribution in [0.15, 0.2) is 29.2 Å². The molecule has 1 aliphatic heterocycles. The van der Waals surface area contributed by atoms with Crippen LogP contribution in [0.4, 0.5) is 0 Å². The number of carbonyl (C=O) groups is 2. The maximum Gasteiger partial charge on any atom is 0.253 e. The van der Waals surface area contributed by atoms with Gasteiger partial charge >= 0.3 is 0 Å². The Hall–Kier alpha value is -1.93. The van der Waals surface area contributed by atoms with Gasteiger partial charge in [-0.3, -0.25) is 9.59 Å². The van der Waals surface area contributed by atoms with E-state index in [2.05, 4.69) is 4.72 Å². The third-order valence-electron chi connectivity index (χ3n) is 4.44. The Morgan fingerprint density at radius 3 is 2.08 bits per heavy atom.